The molecule has 2 aliphatic heterocycles. The van der Waals surface area contributed by atoms with Crippen LogP contribution in [-0.4, -0.2) is 23.9 Å². The summed E-state index contributed by atoms with van der Waals surface area (Å²) in [5, 5.41) is 0. The Morgan fingerprint density at radius 1 is 0.640 bits per heavy atom. The van der Waals surface area contributed by atoms with Crippen LogP contribution in [0.2, 0.25) is 0 Å². The SMILES string of the molecule is O=C1OC(=O)C12C(=O)OC(=O)C2(Cc1ccccc1)c1ccccc1. The second kappa shape index (κ2) is 5.11. The van der Waals surface area contributed by atoms with Crippen molar-refractivity contribution in [3.63, 3.8) is 0 Å². The molecule has 6 nitrogen and oxygen atoms in total. The molecule has 25 heavy (non-hydrogen) atoms. The van der Waals surface area contributed by atoms with Crippen LogP contribution in [0.15, 0.2) is 60.7 Å². The van der Waals surface area contributed by atoms with Gasteiger partial charge < -0.3 is 9.47 Å². The maximum absolute atomic E-state index is 12.8. The standard InChI is InChI=1S/C19H12O6/c20-14-18(13-9-5-2-6-10-13,11-12-7-3-1-4-8-12)19(15(21)24-14)16(22)25-17(19)23/h1-10H,11H2. The predicted octanol–water partition coefficient (Wildman–Crippen LogP) is 1.32. The van der Waals surface area contributed by atoms with Crippen LogP contribution in [0, 0.1) is 5.41 Å². The van der Waals surface area contributed by atoms with E-state index in [0.29, 0.717) is 11.1 Å². The lowest BCUT2D eigenvalue weighted by Crippen LogP contribution is -2.67. The molecule has 2 heterocycles. The fraction of sp³-hybridized carbons (Fsp3) is 0.158. The minimum atomic E-state index is -2.28. The lowest BCUT2D eigenvalue weighted by Gasteiger charge is -2.41. The van der Waals surface area contributed by atoms with Gasteiger partial charge in [-0.25, -0.2) is 14.4 Å². The number of carbonyl (C=O) groups excluding carboxylic acids is 4. The van der Waals surface area contributed by atoms with E-state index in [-0.39, 0.29) is 6.42 Å². The van der Waals surface area contributed by atoms with Crippen molar-refractivity contribution >= 4 is 23.9 Å². The van der Waals surface area contributed by atoms with Gasteiger partial charge in [-0.15, -0.1) is 0 Å². The van der Waals surface area contributed by atoms with Crippen LogP contribution >= 0.6 is 0 Å². The number of cyclic esters (lactones) is 4. The van der Waals surface area contributed by atoms with Crippen LogP contribution < -0.4 is 0 Å². The van der Waals surface area contributed by atoms with Crippen molar-refractivity contribution in [3.8, 4) is 0 Å². The maximum atomic E-state index is 12.8. The highest BCUT2D eigenvalue weighted by molar-refractivity contribution is 6.35. The molecule has 1 unspecified atom stereocenters. The van der Waals surface area contributed by atoms with Gasteiger partial charge in [0.25, 0.3) is 5.41 Å². The lowest BCUT2D eigenvalue weighted by atomic mass is 9.56. The minimum Gasteiger partial charge on any atom is -0.391 e. The molecule has 2 saturated heterocycles. The summed E-state index contributed by atoms with van der Waals surface area (Å²) in [4.78, 5) is 49.8. The summed E-state index contributed by atoms with van der Waals surface area (Å²) >= 11 is 0. The van der Waals surface area contributed by atoms with E-state index in [1.165, 1.54) is 0 Å². The molecule has 0 saturated carbocycles. The first-order valence-electron chi connectivity index (χ1n) is 7.66. The molecule has 0 N–H and O–H groups in total. The number of carbonyl (C=O) groups is 4. The Bertz CT molecular complexity index is 888. The van der Waals surface area contributed by atoms with Crippen LogP contribution in [0.25, 0.3) is 0 Å². The molecule has 0 amide bonds. The molecular weight excluding hydrogens is 324 g/mol. The van der Waals surface area contributed by atoms with Crippen molar-refractivity contribution in [1.29, 1.82) is 0 Å². The Labute approximate surface area is 142 Å². The minimum absolute atomic E-state index is 0.0384. The fourth-order valence-corrected chi connectivity index (χ4v) is 3.63. The molecule has 1 atom stereocenters. The van der Waals surface area contributed by atoms with Crippen molar-refractivity contribution in [2.75, 3.05) is 0 Å². The van der Waals surface area contributed by atoms with E-state index in [9.17, 15) is 19.2 Å². The number of hydrogen-bond donors (Lipinski definition) is 0. The quantitative estimate of drug-likeness (QED) is 0.621. The summed E-state index contributed by atoms with van der Waals surface area (Å²) < 4.78 is 9.28. The molecule has 2 aromatic rings. The predicted molar refractivity (Wildman–Crippen MR) is 82.9 cm³/mol. The van der Waals surface area contributed by atoms with Gasteiger partial charge in [0.05, 0.1) is 0 Å². The first-order valence-corrected chi connectivity index (χ1v) is 7.66. The molecule has 2 aromatic carbocycles. The molecule has 2 fully saturated rings. The van der Waals surface area contributed by atoms with Crippen molar-refractivity contribution in [3.05, 3.63) is 71.8 Å². The average Bonchev–Trinajstić information content (AvgIpc) is 2.86. The molecule has 2 aliphatic rings. The summed E-state index contributed by atoms with van der Waals surface area (Å²) in [5.74, 6) is -4.18. The summed E-state index contributed by atoms with van der Waals surface area (Å²) in [6.07, 6.45) is -0.0384. The maximum Gasteiger partial charge on any atom is 0.344 e. The Hall–Kier alpha value is -3.28. The Kier molecular flexibility index (Phi) is 3.12. The molecule has 0 aromatic heterocycles. The Morgan fingerprint density at radius 3 is 1.68 bits per heavy atom. The third-order valence-electron chi connectivity index (χ3n) is 4.86. The molecule has 4 rings (SSSR count). The van der Waals surface area contributed by atoms with Gasteiger partial charge >= 0.3 is 23.9 Å². The molecule has 0 radical (unpaired) electrons. The Balaban J connectivity index is 2.00. The van der Waals surface area contributed by atoms with Gasteiger partial charge in [0.1, 0.15) is 5.41 Å². The van der Waals surface area contributed by atoms with E-state index >= 15 is 0 Å². The van der Waals surface area contributed by atoms with Gasteiger partial charge in [-0.2, -0.15) is 0 Å². The first-order chi connectivity index (χ1) is 12.0. The van der Waals surface area contributed by atoms with Gasteiger partial charge in [0.2, 0.25) is 0 Å². The largest absolute Gasteiger partial charge is 0.391 e. The molecule has 124 valence electrons. The monoisotopic (exact) mass is 336 g/mol. The van der Waals surface area contributed by atoms with E-state index in [4.69, 9.17) is 4.74 Å². The summed E-state index contributed by atoms with van der Waals surface area (Å²) in [6.45, 7) is 0. The second-order valence-corrected chi connectivity index (χ2v) is 6.04. The van der Waals surface area contributed by atoms with Gasteiger partial charge in [0, 0.05) is 0 Å². The van der Waals surface area contributed by atoms with Gasteiger partial charge in [0.15, 0.2) is 0 Å². The lowest BCUT2D eigenvalue weighted by molar-refractivity contribution is -0.203. The third-order valence-corrected chi connectivity index (χ3v) is 4.86. The van der Waals surface area contributed by atoms with Crippen LogP contribution in [-0.2, 0) is 40.5 Å². The van der Waals surface area contributed by atoms with E-state index in [1.54, 1.807) is 60.7 Å². The zero-order valence-corrected chi connectivity index (χ0v) is 12.9. The zero-order valence-electron chi connectivity index (χ0n) is 12.9. The number of esters is 4. The van der Waals surface area contributed by atoms with E-state index in [2.05, 4.69) is 4.74 Å². The highest BCUT2D eigenvalue weighted by atomic mass is 16.6. The van der Waals surface area contributed by atoms with Crippen LogP contribution in [0.3, 0.4) is 0 Å². The highest BCUT2D eigenvalue weighted by Crippen LogP contribution is 2.56. The average molecular weight is 336 g/mol. The van der Waals surface area contributed by atoms with Gasteiger partial charge in [-0.05, 0) is 17.5 Å². The van der Waals surface area contributed by atoms with Gasteiger partial charge in [-0.1, -0.05) is 60.7 Å². The number of hydrogen-bond acceptors (Lipinski definition) is 6. The molecule has 1 spiro atoms. The smallest absolute Gasteiger partial charge is 0.344 e. The van der Waals surface area contributed by atoms with Crippen LogP contribution in [0.4, 0.5) is 0 Å². The van der Waals surface area contributed by atoms with Crippen molar-refractivity contribution in [2.45, 2.75) is 11.8 Å². The summed E-state index contributed by atoms with van der Waals surface area (Å²) in [5.41, 5.74) is -3.01. The molecule has 0 aliphatic carbocycles. The third kappa shape index (κ3) is 1.73. The molecule has 0 bridgehead atoms. The first kappa shape index (κ1) is 15.3. The fourth-order valence-electron chi connectivity index (χ4n) is 3.63. The van der Waals surface area contributed by atoms with Crippen molar-refractivity contribution in [2.24, 2.45) is 5.41 Å². The van der Waals surface area contributed by atoms with Crippen molar-refractivity contribution in [1.82, 2.24) is 0 Å². The van der Waals surface area contributed by atoms with E-state index in [1.807, 2.05) is 0 Å². The highest BCUT2D eigenvalue weighted by Gasteiger charge is 2.84. The van der Waals surface area contributed by atoms with E-state index < -0.39 is 34.7 Å². The number of rotatable bonds is 3. The number of ether oxygens (including phenoxy) is 2. The number of benzene rings is 2. The summed E-state index contributed by atoms with van der Waals surface area (Å²) in [6, 6.07) is 17.1. The van der Waals surface area contributed by atoms with E-state index in [0.717, 1.165) is 0 Å². The summed E-state index contributed by atoms with van der Waals surface area (Å²) in [7, 11) is 0. The second-order valence-electron chi connectivity index (χ2n) is 6.04. The van der Waals surface area contributed by atoms with Crippen LogP contribution in [0.5, 0.6) is 0 Å². The topological polar surface area (TPSA) is 86.7 Å². The van der Waals surface area contributed by atoms with Crippen molar-refractivity contribution < 1.29 is 28.7 Å². The van der Waals surface area contributed by atoms with Gasteiger partial charge in [-0.3, -0.25) is 4.79 Å². The molecule has 6 heteroatoms. The Morgan fingerprint density at radius 2 is 1.12 bits per heavy atom. The normalized spacial score (nSPS) is 24.0. The molecular formula is C19H12O6. The zero-order chi connectivity index (χ0) is 17.7. The van der Waals surface area contributed by atoms with Crippen LogP contribution in [0.1, 0.15) is 11.1 Å².